The molecule has 2 atom stereocenters. The minimum Gasteiger partial charge on any atom is -0.387 e. The molecule has 0 spiro atoms. The fourth-order valence-corrected chi connectivity index (χ4v) is 3.45. The van der Waals surface area contributed by atoms with Crippen molar-refractivity contribution in [3.8, 4) is 0 Å². The van der Waals surface area contributed by atoms with Crippen LogP contribution in [-0.4, -0.2) is 48.6 Å². The summed E-state index contributed by atoms with van der Waals surface area (Å²) in [4.78, 5) is 2.25. The molecule has 1 aromatic rings. The lowest BCUT2D eigenvalue weighted by Gasteiger charge is -2.40. The highest BCUT2D eigenvalue weighted by atomic mass is 19.1. The van der Waals surface area contributed by atoms with Crippen LogP contribution in [0.4, 0.5) is 4.39 Å². The molecule has 0 unspecified atom stereocenters. The molecule has 0 saturated carbocycles. The monoisotopic (exact) mass is 309 g/mol. The van der Waals surface area contributed by atoms with Crippen LogP contribution in [0.25, 0.3) is 0 Å². The third-order valence-electron chi connectivity index (χ3n) is 4.79. The van der Waals surface area contributed by atoms with Crippen LogP contribution < -0.4 is 0 Å². The van der Waals surface area contributed by atoms with Gasteiger partial charge in [0.05, 0.1) is 19.3 Å². The SMILES string of the molecule is CC1([C@H]2CCCN(C[C@H](O)c3ccc(F)cc3)C2)OCCO1. The first-order chi connectivity index (χ1) is 10.6. The molecular weight excluding hydrogens is 285 g/mol. The summed E-state index contributed by atoms with van der Waals surface area (Å²) in [6, 6.07) is 6.06. The maximum absolute atomic E-state index is 13.0. The third kappa shape index (κ3) is 3.49. The van der Waals surface area contributed by atoms with Gasteiger partial charge in [-0.3, -0.25) is 4.90 Å². The van der Waals surface area contributed by atoms with E-state index >= 15 is 0 Å². The highest BCUT2D eigenvalue weighted by molar-refractivity contribution is 5.18. The zero-order valence-electron chi connectivity index (χ0n) is 13.0. The summed E-state index contributed by atoms with van der Waals surface area (Å²) in [7, 11) is 0. The van der Waals surface area contributed by atoms with Crippen molar-refractivity contribution in [3.05, 3.63) is 35.6 Å². The van der Waals surface area contributed by atoms with Crippen molar-refractivity contribution in [2.24, 2.45) is 5.92 Å². The van der Waals surface area contributed by atoms with E-state index in [9.17, 15) is 9.50 Å². The molecule has 0 radical (unpaired) electrons. The molecule has 2 saturated heterocycles. The summed E-state index contributed by atoms with van der Waals surface area (Å²) >= 11 is 0. The highest BCUT2D eigenvalue weighted by Crippen LogP contribution is 2.34. The number of piperidine rings is 1. The molecule has 0 bridgehead atoms. The van der Waals surface area contributed by atoms with Crippen molar-refractivity contribution in [2.75, 3.05) is 32.8 Å². The van der Waals surface area contributed by atoms with E-state index in [1.54, 1.807) is 12.1 Å². The molecule has 0 amide bonds. The maximum atomic E-state index is 13.0. The van der Waals surface area contributed by atoms with E-state index in [2.05, 4.69) is 4.90 Å². The molecule has 1 N–H and O–H groups in total. The van der Waals surface area contributed by atoms with Crippen LogP contribution in [0.5, 0.6) is 0 Å². The first-order valence-electron chi connectivity index (χ1n) is 8.00. The Kier molecular flexibility index (Phi) is 4.78. The largest absolute Gasteiger partial charge is 0.387 e. The number of aliphatic hydroxyl groups excluding tert-OH is 1. The lowest BCUT2D eigenvalue weighted by molar-refractivity contribution is -0.192. The Morgan fingerprint density at radius 1 is 1.32 bits per heavy atom. The van der Waals surface area contributed by atoms with Crippen LogP contribution in [0.2, 0.25) is 0 Å². The van der Waals surface area contributed by atoms with Gasteiger partial charge >= 0.3 is 0 Å². The lowest BCUT2D eigenvalue weighted by atomic mass is 9.90. The molecule has 5 heteroatoms. The highest BCUT2D eigenvalue weighted by Gasteiger charge is 2.41. The van der Waals surface area contributed by atoms with E-state index in [4.69, 9.17) is 9.47 Å². The Morgan fingerprint density at radius 3 is 2.68 bits per heavy atom. The number of hydrogen-bond donors (Lipinski definition) is 1. The van der Waals surface area contributed by atoms with Gasteiger partial charge in [0.25, 0.3) is 0 Å². The summed E-state index contributed by atoms with van der Waals surface area (Å²) < 4.78 is 24.5. The number of halogens is 1. The molecule has 2 aliphatic rings. The number of β-amino-alcohol motifs (C(OH)–C–C–N with tert-alkyl or cyclic N) is 1. The zero-order valence-corrected chi connectivity index (χ0v) is 13.0. The van der Waals surface area contributed by atoms with Crippen LogP contribution in [0, 0.1) is 11.7 Å². The van der Waals surface area contributed by atoms with Gasteiger partial charge in [0, 0.05) is 19.0 Å². The fourth-order valence-electron chi connectivity index (χ4n) is 3.45. The summed E-state index contributed by atoms with van der Waals surface area (Å²) in [5.74, 6) is -0.443. The topological polar surface area (TPSA) is 41.9 Å². The summed E-state index contributed by atoms with van der Waals surface area (Å²) in [5.41, 5.74) is 0.753. The number of rotatable bonds is 4. The predicted octanol–water partition coefficient (Wildman–Crippen LogP) is 2.33. The van der Waals surface area contributed by atoms with E-state index in [1.807, 2.05) is 6.92 Å². The lowest BCUT2D eigenvalue weighted by Crippen LogP contribution is -2.47. The van der Waals surface area contributed by atoms with Crippen molar-refractivity contribution in [2.45, 2.75) is 31.7 Å². The second-order valence-electron chi connectivity index (χ2n) is 6.38. The van der Waals surface area contributed by atoms with E-state index < -0.39 is 11.9 Å². The third-order valence-corrected chi connectivity index (χ3v) is 4.79. The van der Waals surface area contributed by atoms with Gasteiger partial charge in [-0.2, -0.15) is 0 Å². The number of nitrogens with zero attached hydrogens (tertiary/aromatic N) is 1. The molecule has 2 fully saturated rings. The second-order valence-corrected chi connectivity index (χ2v) is 6.38. The van der Waals surface area contributed by atoms with Crippen LogP contribution in [0.3, 0.4) is 0 Å². The van der Waals surface area contributed by atoms with Crippen molar-refractivity contribution >= 4 is 0 Å². The Hall–Kier alpha value is -1.01. The zero-order chi connectivity index (χ0) is 15.6. The minimum absolute atomic E-state index is 0.280. The molecule has 22 heavy (non-hydrogen) atoms. The van der Waals surface area contributed by atoms with Gasteiger partial charge in [0.2, 0.25) is 0 Å². The Morgan fingerprint density at radius 2 is 2.00 bits per heavy atom. The van der Waals surface area contributed by atoms with E-state index in [0.717, 1.165) is 31.5 Å². The van der Waals surface area contributed by atoms with E-state index in [0.29, 0.717) is 25.7 Å². The smallest absolute Gasteiger partial charge is 0.169 e. The van der Waals surface area contributed by atoms with Gasteiger partial charge in [0.1, 0.15) is 5.82 Å². The average molecular weight is 309 g/mol. The van der Waals surface area contributed by atoms with E-state index in [-0.39, 0.29) is 5.82 Å². The van der Waals surface area contributed by atoms with Gasteiger partial charge in [-0.25, -0.2) is 4.39 Å². The van der Waals surface area contributed by atoms with Gasteiger partial charge < -0.3 is 14.6 Å². The fraction of sp³-hybridized carbons (Fsp3) is 0.647. The van der Waals surface area contributed by atoms with Gasteiger partial charge in [-0.1, -0.05) is 12.1 Å². The minimum atomic E-state index is -0.599. The summed E-state index contributed by atoms with van der Waals surface area (Å²) in [6.07, 6.45) is 1.56. The van der Waals surface area contributed by atoms with Gasteiger partial charge in [-0.15, -0.1) is 0 Å². The van der Waals surface area contributed by atoms with Crippen LogP contribution in [0.1, 0.15) is 31.4 Å². The molecular formula is C17H24FNO3. The maximum Gasteiger partial charge on any atom is 0.169 e. The van der Waals surface area contributed by atoms with Crippen molar-refractivity contribution in [3.63, 3.8) is 0 Å². The Balaban J connectivity index is 1.59. The normalized spacial score (nSPS) is 27.0. The summed E-state index contributed by atoms with van der Waals surface area (Å²) in [6.45, 7) is 5.71. The molecule has 3 rings (SSSR count). The van der Waals surface area contributed by atoms with Gasteiger partial charge in [0.15, 0.2) is 5.79 Å². The number of hydrogen-bond acceptors (Lipinski definition) is 4. The molecule has 0 aliphatic carbocycles. The number of benzene rings is 1. The van der Waals surface area contributed by atoms with Gasteiger partial charge in [-0.05, 0) is 44.0 Å². The molecule has 122 valence electrons. The first-order valence-corrected chi connectivity index (χ1v) is 8.00. The second kappa shape index (κ2) is 6.62. The average Bonchev–Trinajstić information content (AvgIpc) is 2.96. The van der Waals surface area contributed by atoms with Crippen LogP contribution in [0.15, 0.2) is 24.3 Å². The molecule has 2 heterocycles. The standard InChI is InChI=1S/C17H24FNO3/c1-17(21-9-10-22-17)14-3-2-8-19(11-14)12-16(20)13-4-6-15(18)7-5-13/h4-7,14,16,20H,2-3,8-12H2,1H3/t14-,16-/m0/s1. The van der Waals surface area contributed by atoms with Crippen molar-refractivity contribution in [1.29, 1.82) is 0 Å². The number of likely N-dealkylation sites (tertiary alicyclic amines) is 1. The summed E-state index contributed by atoms with van der Waals surface area (Å²) in [5, 5.41) is 10.4. The quantitative estimate of drug-likeness (QED) is 0.927. The number of ether oxygens (including phenoxy) is 2. The Labute approximate surface area is 130 Å². The predicted molar refractivity (Wildman–Crippen MR) is 80.8 cm³/mol. The van der Waals surface area contributed by atoms with Crippen LogP contribution >= 0.6 is 0 Å². The van der Waals surface area contributed by atoms with E-state index in [1.165, 1.54) is 12.1 Å². The van der Waals surface area contributed by atoms with Crippen LogP contribution in [-0.2, 0) is 9.47 Å². The molecule has 2 aliphatic heterocycles. The first kappa shape index (κ1) is 15.9. The van der Waals surface area contributed by atoms with Crippen molar-refractivity contribution in [1.82, 2.24) is 4.90 Å². The van der Waals surface area contributed by atoms with Crippen molar-refractivity contribution < 1.29 is 19.0 Å². The molecule has 4 nitrogen and oxygen atoms in total. The molecule has 0 aromatic heterocycles. The number of aliphatic hydroxyl groups is 1. The molecule has 1 aromatic carbocycles. The Bertz CT molecular complexity index is 487.